The van der Waals surface area contributed by atoms with Crippen molar-refractivity contribution in [1.29, 1.82) is 0 Å². The molecule has 1 amide bonds. The molecule has 0 aromatic heterocycles. The molecule has 7 nitrogen and oxygen atoms in total. The number of ether oxygens (including phenoxy) is 1. The van der Waals surface area contributed by atoms with E-state index in [1.165, 1.54) is 35.4 Å². The van der Waals surface area contributed by atoms with Gasteiger partial charge in [0.05, 0.1) is 19.8 Å². The van der Waals surface area contributed by atoms with Crippen molar-refractivity contribution in [2.45, 2.75) is 30.5 Å². The molecule has 4 atom stereocenters. The number of carbonyl (C=O) groups excluding carboxylic acids is 1. The highest BCUT2D eigenvalue weighted by Crippen LogP contribution is 2.31. The third-order valence-electron chi connectivity index (χ3n) is 4.48. The third kappa shape index (κ3) is 3.56. The first kappa shape index (κ1) is 18.7. The molecule has 2 heterocycles. The van der Waals surface area contributed by atoms with Crippen LogP contribution in [0.15, 0.2) is 42.6 Å². The largest absolute Gasteiger partial charge is 0.394 e. The molecule has 1 saturated heterocycles. The number of alkyl halides is 2. The van der Waals surface area contributed by atoms with E-state index < -0.39 is 49.5 Å². The lowest BCUT2D eigenvalue weighted by Gasteiger charge is -2.38. The Morgan fingerprint density at radius 3 is 2.50 bits per heavy atom. The highest BCUT2D eigenvalue weighted by molar-refractivity contribution is 5.88. The van der Waals surface area contributed by atoms with E-state index in [1.807, 2.05) is 0 Å². The standard InChI is InChI=1S/C17H20F2N2O5/c18-17(19,11-4-2-1-3-5-11)9-21-10-20(7-6-13(21)23)16-15(25)14(24)12(8-22)26-16/h1-7,12,14-16,22,24-25H,8-10H2/t12-,14+,15+,16-/m1/s1. The minimum atomic E-state index is -3.25. The van der Waals surface area contributed by atoms with Crippen LogP contribution in [0, 0.1) is 0 Å². The molecule has 2 aliphatic heterocycles. The Morgan fingerprint density at radius 1 is 1.19 bits per heavy atom. The number of aliphatic hydroxyl groups excluding tert-OH is 3. The number of carbonyl (C=O) groups is 1. The summed E-state index contributed by atoms with van der Waals surface area (Å²) in [5.41, 5.74) is -0.207. The van der Waals surface area contributed by atoms with Gasteiger partial charge in [-0.05, 0) is 0 Å². The molecule has 0 radical (unpaired) electrons. The van der Waals surface area contributed by atoms with Crippen LogP contribution < -0.4 is 0 Å². The zero-order valence-electron chi connectivity index (χ0n) is 13.8. The van der Waals surface area contributed by atoms with E-state index in [2.05, 4.69) is 0 Å². The van der Waals surface area contributed by atoms with Gasteiger partial charge in [-0.15, -0.1) is 0 Å². The van der Waals surface area contributed by atoms with E-state index in [0.717, 1.165) is 11.0 Å². The van der Waals surface area contributed by atoms with E-state index in [0.29, 0.717) is 0 Å². The SMILES string of the molecule is O=C1C=CN([C@@H]2O[C@H](CO)[C@H](O)[C@@H]2O)CN1CC(F)(F)c1ccccc1. The zero-order chi connectivity index (χ0) is 18.9. The molecule has 1 aromatic rings. The van der Waals surface area contributed by atoms with Gasteiger partial charge in [-0.25, -0.2) is 0 Å². The van der Waals surface area contributed by atoms with Gasteiger partial charge < -0.3 is 29.9 Å². The van der Waals surface area contributed by atoms with Crippen molar-refractivity contribution in [2.75, 3.05) is 19.8 Å². The Kier molecular flexibility index (Phi) is 5.24. The van der Waals surface area contributed by atoms with Crippen LogP contribution in [0.2, 0.25) is 0 Å². The summed E-state index contributed by atoms with van der Waals surface area (Å²) in [4.78, 5) is 14.3. The second-order valence-electron chi connectivity index (χ2n) is 6.31. The molecular formula is C17H20F2N2O5. The van der Waals surface area contributed by atoms with Gasteiger partial charge in [0.1, 0.15) is 18.3 Å². The van der Waals surface area contributed by atoms with E-state index in [-0.39, 0.29) is 12.2 Å². The van der Waals surface area contributed by atoms with Gasteiger partial charge in [0.15, 0.2) is 6.23 Å². The maximum atomic E-state index is 14.5. The average Bonchev–Trinajstić information content (AvgIpc) is 2.92. The first-order chi connectivity index (χ1) is 12.3. The first-order valence-corrected chi connectivity index (χ1v) is 8.12. The Hall–Kier alpha value is -2.07. The molecular weight excluding hydrogens is 350 g/mol. The fourth-order valence-electron chi connectivity index (χ4n) is 3.04. The maximum absolute atomic E-state index is 14.5. The minimum Gasteiger partial charge on any atom is -0.394 e. The van der Waals surface area contributed by atoms with Gasteiger partial charge in [-0.2, -0.15) is 8.78 Å². The molecule has 1 fully saturated rings. The number of aliphatic hydroxyl groups is 3. The van der Waals surface area contributed by atoms with Gasteiger partial charge >= 0.3 is 0 Å². The molecule has 2 aliphatic rings. The fraction of sp³-hybridized carbons (Fsp3) is 0.471. The molecule has 0 unspecified atom stereocenters. The second kappa shape index (κ2) is 7.28. The first-order valence-electron chi connectivity index (χ1n) is 8.12. The molecule has 0 bridgehead atoms. The zero-order valence-corrected chi connectivity index (χ0v) is 13.8. The minimum absolute atomic E-state index is 0.207. The van der Waals surface area contributed by atoms with Crippen molar-refractivity contribution >= 4 is 5.91 Å². The summed E-state index contributed by atoms with van der Waals surface area (Å²) in [7, 11) is 0. The van der Waals surface area contributed by atoms with Crippen LogP contribution in [0.25, 0.3) is 0 Å². The van der Waals surface area contributed by atoms with E-state index in [4.69, 9.17) is 9.84 Å². The molecule has 3 N–H and O–H groups in total. The van der Waals surface area contributed by atoms with Gasteiger partial charge in [-0.3, -0.25) is 4.79 Å². The smallest absolute Gasteiger partial charge is 0.290 e. The van der Waals surface area contributed by atoms with Crippen molar-refractivity contribution in [3.63, 3.8) is 0 Å². The number of amides is 1. The molecule has 3 rings (SSSR count). The van der Waals surface area contributed by atoms with Crippen molar-refractivity contribution in [2.24, 2.45) is 0 Å². The van der Waals surface area contributed by atoms with Crippen LogP contribution in [0.4, 0.5) is 8.78 Å². The predicted molar refractivity (Wildman–Crippen MR) is 85.7 cm³/mol. The topological polar surface area (TPSA) is 93.5 Å². The Balaban J connectivity index is 1.73. The van der Waals surface area contributed by atoms with Crippen LogP contribution >= 0.6 is 0 Å². The summed E-state index contributed by atoms with van der Waals surface area (Å²) in [5.74, 6) is -3.85. The Labute approximate surface area is 148 Å². The van der Waals surface area contributed by atoms with Crippen molar-refractivity contribution in [1.82, 2.24) is 9.80 Å². The summed E-state index contributed by atoms with van der Waals surface area (Å²) >= 11 is 0. The number of benzene rings is 1. The molecule has 26 heavy (non-hydrogen) atoms. The summed E-state index contributed by atoms with van der Waals surface area (Å²) < 4.78 is 34.3. The van der Waals surface area contributed by atoms with E-state index in [9.17, 15) is 23.8 Å². The van der Waals surface area contributed by atoms with Gasteiger partial charge in [-0.1, -0.05) is 30.3 Å². The average molecular weight is 370 g/mol. The number of rotatable bonds is 5. The van der Waals surface area contributed by atoms with Crippen LogP contribution in [0.1, 0.15) is 5.56 Å². The molecule has 0 saturated carbocycles. The number of halogens is 2. The van der Waals surface area contributed by atoms with E-state index in [1.54, 1.807) is 6.07 Å². The second-order valence-corrected chi connectivity index (χ2v) is 6.31. The fourth-order valence-corrected chi connectivity index (χ4v) is 3.04. The number of hydrogen-bond acceptors (Lipinski definition) is 6. The molecule has 9 heteroatoms. The maximum Gasteiger partial charge on any atom is 0.290 e. The van der Waals surface area contributed by atoms with Gasteiger partial charge in [0.2, 0.25) is 5.91 Å². The normalized spacial score (nSPS) is 29.5. The summed E-state index contributed by atoms with van der Waals surface area (Å²) in [5, 5.41) is 29.0. The lowest BCUT2D eigenvalue weighted by Crippen LogP contribution is -2.52. The highest BCUT2D eigenvalue weighted by Gasteiger charge is 2.46. The monoisotopic (exact) mass is 370 g/mol. The summed E-state index contributed by atoms with van der Waals surface area (Å²) in [6.45, 7) is -1.59. The molecule has 0 aliphatic carbocycles. The molecule has 1 aromatic carbocycles. The van der Waals surface area contributed by atoms with E-state index >= 15 is 0 Å². The third-order valence-corrected chi connectivity index (χ3v) is 4.48. The number of nitrogens with zero attached hydrogens (tertiary/aromatic N) is 2. The van der Waals surface area contributed by atoms with Crippen LogP contribution in [-0.2, 0) is 15.5 Å². The molecule has 142 valence electrons. The van der Waals surface area contributed by atoms with Crippen molar-refractivity contribution < 1.29 is 33.6 Å². The van der Waals surface area contributed by atoms with Crippen molar-refractivity contribution in [3.05, 3.63) is 48.2 Å². The van der Waals surface area contributed by atoms with Gasteiger partial charge in [0.25, 0.3) is 5.92 Å². The highest BCUT2D eigenvalue weighted by atomic mass is 19.3. The van der Waals surface area contributed by atoms with Crippen LogP contribution in [0.5, 0.6) is 0 Å². The van der Waals surface area contributed by atoms with Crippen LogP contribution in [-0.4, -0.2) is 75.4 Å². The number of hydrogen-bond donors (Lipinski definition) is 3. The predicted octanol–water partition coefficient (Wildman–Crippen LogP) is -0.167. The molecule has 0 spiro atoms. The summed E-state index contributed by atoms with van der Waals surface area (Å²) in [6, 6.07) is 7.18. The van der Waals surface area contributed by atoms with Crippen LogP contribution in [0.3, 0.4) is 0 Å². The summed E-state index contributed by atoms with van der Waals surface area (Å²) in [6.07, 6.45) is -2.28. The van der Waals surface area contributed by atoms with Gasteiger partial charge in [0, 0.05) is 17.8 Å². The Bertz CT molecular complexity index is 672. The Morgan fingerprint density at radius 2 is 1.88 bits per heavy atom. The lowest BCUT2D eigenvalue weighted by atomic mass is 10.1. The lowest BCUT2D eigenvalue weighted by molar-refractivity contribution is -0.145. The quantitative estimate of drug-likeness (QED) is 0.667. The van der Waals surface area contributed by atoms with Crippen molar-refractivity contribution in [3.8, 4) is 0 Å².